The number of benzene rings is 2. The van der Waals surface area contributed by atoms with Gasteiger partial charge in [0.2, 0.25) is 0 Å². The molecular formula is C25H25FN2O2S2. The van der Waals surface area contributed by atoms with E-state index in [0.29, 0.717) is 28.7 Å². The van der Waals surface area contributed by atoms with Crippen LogP contribution in [0, 0.1) is 5.82 Å². The predicted molar refractivity (Wildman–Crippen MR) is 132 cm³/mol. The van der Waals surface area contributed by atoms with Gasteiger partial charge >= 0.3 is 5.97 Å². The van der Waals surface area contributed by atoms with Crippen molar-refractivity contribution in [3.8, 4) is 0 Å². The van der Waals surface area contributed by atoms with Crippen molar-refractivity contribution < 1.29 is 13.9 Å². The summed E-state index contributed by atoms with van der Waals surface area (Å²) in [7, 11) is 0. The van der Waals surface area contributed by atoms with Gasteiger partial charge in [0, 0.05) is 23.0 Å². The first-order valence-electron chi connectivity index (χ1n) is 10.7. The molecular weight excluding hydrogens is 443 g/mol. The number of hydrogen-bond donors (Lipinski definition) is 1. The minimum Gasteiger partial charge on any atom is -0.462 e. The number of thiophene rings is 1. The van der Waals surface area contributed by atoms with Crippen LogP contribution in [-0.4, -0.2) is 23.7 Å². The molecule has 2 heterocycles. The molecule has 3 aromatic rings. The Morgan fingerprint density at radius 3 is 2.78 bits per heavy atom. The van der Waals surface area contributed by atoms with Gasteiger partial charge in [-0.2, -0.15) is 0 Å². The van der Waals surface area contributed by atoms with Gasteiger partial charge in [-0.15, -0.1) is 11.3 Å². The van der Waals surface area contributed by atoms with Crippen molar-refractivity contribution in [2.24, 2.45) is 0 Å². The molecule has 0 saturated heterocycles. The van der Waals surface area contributed by atoms with Crippen molar-refractivity contribution in [2.75, 3.05) is 16.8 Å². The van der Waals surface area contributed by atoms with Gasteiger partial charge in [0.05, 0.1) is 12.2 Å². The van der Waals surface area contributed by atoms with E-state index in [-0.39, 0.29) is 17.8 Å². The van der Waals surface area contributed by atoms with Gasteiger partial charge in [-0.25, -0.2) is 9.18 Å². The quantitative estimate of drug-likeness (QED) is 0.357. The molecule has 0 fully saturated rings. The maximum absolute atomic E-state index is 13.7. The molecule has 0 spiro atoms. The molecule has 0 saturated carbocycles. The highest BCUT2D eigenvalue weighted by Gasteiger charge is 2.28. The van der Waals surface area contributed by atoms with Crippen molar-refractivity contribution in [1.82, 2.24) is 0 Å². The lowest BCUT2D eigenvalue weighted by Crippen LogP contribution is -2.44. The average molecular weight is 469 g/mol. The second kappa shape index (κ2) is 9.79. The summed E-state index contributed by atoms with van der Waals surface area (Å²) in [6.45, 7) is 4.19. The first-order valence-corrected chi connectivity index (χ1v) is 11.9. The second-order valence-electron chi connectivity index (χ2n) is 7.80. The maximum Gasteiger partial charge on any atom is 0.341 e. The highest BCUT2D eigenvalue weighted by atomic mass is 32.1. The van der Waals surface area contributed by atoms with E-state index in [1.54, 1.807) is 19.1 Å². The van der Waals surface area contributed by atoms with Crippen molar-refractivity contribution in [3.05, 3.63) is 82.0 Å². The van der Waals surface area contributed by atoms with E-state index in [0.717, 1.165) is 29.0 Å². The van der Waals surface area contributed by atoms with E-state index >= 15 is 0 Å². The molecule has 1 atom stereocenters. The molecule has 0 radical (unpaired) electrons. The zero-order valence-corrected chi connectivity index (χ0v) is 19.7. The number of ether oxygens (including phenoxy) is 1. The van der Waals surface area contributed by atoms with Crippen LogP contribution in [0.1, 0.15) is 46.6 Å². The SMILES string of the molecule is CCOC(=O)c1cc(Cc2ccccc2)sc1NC(=S)N1c2ccc(F)cc2CCC1C. The molecule has 0 amide bonds. The summed E-state index contributed by atoms with van der Waals surface area (Å²) < 4.78 is 19.0. The summed E-state index contributed by atoms with van der Waals surface area (Å²) in [5.74, 6) is -0.618. The minimum absolute atomic E-state index is 0.155. The molecule has 0 bridgehead atoms. The van der Waals surface area contributed by atoms with Crippen molar-refractivity contribution >= 4 is 45.3 Å². The molecule has 7 heteroatoms. The molecule has 1 aromatic heterocycles. The summed E-state index contributed by atoms with van der Waals surface area (Å²) in [5, 5.41) is 4.45. The lowest BCUT2D eigenvalue weighted by Gasteiger charge is -2.37. The molecule has 1 aliphatic heterocycles. The summed E-state index contributed by atoms with van der Waals surface area (Å²) in [6.07, 6.45) is 2.39. The molecule has 1 N–H and O–H groups in total. The number of aryl methyl sites for hydroxylation is 1. The molecule has 0 aliphatic carbocycles. The lowest BCUT2D eigenvalue weighted by atomic mass is 9.97. The number of rotatable bonds is 5. The van der Waals surface area contributed by atoms with Crippen LogP contribution in [0.5, 0.6) is 0 Å². The van der Waals surface area contributed by atoms with Gasteiger partial charge in [-0.05, 0) is 74.3 Å². The summed E-state index contributed by atoms with van der Waals surface area (Å²) in [6, 6.07) is 16.9. The number of carbonyl (C=O) groups is 1. The Kier molecular flexibility index (Phi) is 6.86. The number of esters is 1. The fraction of sp³-hybridized carbons (Fsp3) is 0.280. The number of nitrogens with one attached hydrogen (secondary N) is 1. The number of hydrogen-bond acceptors (Lipinski definition) is 4. The molecule has 4 nitrogen and oxygen atoms in total. The van der Waals surface area contributed by atoms with E-state index in [2.05, 4.69) is 24.4 Å². The van der Waals surface area contributed by atoms with Gasteiger partial charge in [-0.1, -0.05) is 30.3 Å². The van der Waals surface area contributed by atoms with Crippen LogP contribution in [0.4, 0.5) is 15.1 Å². The van der Waals surface area contributed by atoms with Crippen molar-refractivity contribution in [3.63, 3.8) is 0 Å². The summed E-state index contributed by atoms with van der Waals surface area (Å²) >= 11 is 7.27. The Bertz CT molecular complexity index is 1130. The Balaban J connectivity index is 1.62. The highest BCUT2D eigenvalue weighted by Crippen LogP contribution is 2.34. The zero-order valence-electron chi connectivity index (χ0n) is 18.1. The summed E-state index contributed by atoms with van der Waals surface area (Å²) in [4.78, 5) is 15.7. The third-order valence-corrected chi connectivity index (χ3v) is 6.86. The topological polar surface area (TPSA) is 41.6 Å². The van der Waals surface area contributed by atoms with E-state index in [1.165, 1.54) is 23.0 Å². The molecule has 2 aromatic carbocycles. The average Bonchev–Trinajstić information content (AvgIpc) is 3.16. The normalized spacial score (nSPS) is 15.2. The van der Waals surface area contributed by atoms with Crippen LogP contribution in [-0.2, 0) is 17.6 Å². The van der Waals surface area contributed by atoms with Crippen molar-refractivity contribution in [2.45, 2.75) is 39.2 Å². The van der Waals surface area contributed by atoms with Gasteiger partial charge in [0.15, 0.2) is 5.11 Å². The Hall–Kier alpha value is -2.77. The zero-order chi connectivity index (χ0) is 22.7. The number of halogens is 1. The van der Waals surface area contributed by atoms with Crippen LogP contribution < -0.4 is 10.2 Å². The van der Waals surface area contributed by atoms with Crippen LogP contribution >= 0.6 is 23.6 Å². The predicted octanol–water partition coefficient (Wildman–Crippen LogP) is 6.19. The third-order valence-electron chi connectivity index (χ3n) is 5.51. The standard InChI is InChI=1S/C25H25FN2O2S2/c1-3-30-24(29)21-15-20(13-17-7-5-4-6-8-17)32-23(21)27-25(31)28-16(2)9-10-18-14-19(26)11-12-22(18)28/h4-8,11-12,14-16H,3,9-10,13H2,1-2H3,(H,27,31). The van der Waals surface area contributed by atoms with E-state index < -0.39 is 0 Å². The number of anilines is 2. The monoisotopic (exact) mass is 468 g/mol. The molecule has 1 aliphatic rings. The fourth-order valence-corrected chi connectivity index (χ4v) is 5.49. The molecule has 1 unspecified atom stereocenters. The minimum atomic E-state index is -0.373. The van der Waals surface area contributed by atoms with E-state index in [4.69, 9.17) is 17.0 Å². The first-order chi connectivity index (χ1) is 15.5. The number of thiocarbonyl (C=S) groups is 1. The highest BCUT2D eigenvalue weighted by molar-refractivity contribution is 7.80. The molecule has 32 heavy (non-hydrogen) atoms. The lowest BCUT2D eigenvalue weighted by molar-refractivity contribution is 0.0528. The smallest absolute Gasteiger partial charge is 0.341 e. The van der Waals surface area contributed by atoms with Gasteiger partial charge in [0.1, 0.15) is 10.8 Å². The fourth-order valence-electron chi connectivity index (χ4n) is 3.97. The van der Waals surface area contributed by atoms with E-state index in [1.807, 2.05) is 29.2 Å². The number of fused-ring (bicyclic) bond motifs is 1. The second-order valence-corrected chi connectivity index (χ2v) is 9.32. The van der Waals surface area contributed by atoms with Gasteiger partial charge < -0.3 is 15.0 Å². The van der Waals surface area contributed by atoms with Gasteiger partial charge in [0.25, 0.3) is 0 Å². The van der Waals surface area contributed by atoms with Gasteiger partial charge in [-0.3, -0.25) is 0 Å². The third kappa shape index (κ3) is 4.84. The Morgan fingerprint density at radius 1 is 1.25 bits per heavy atom. The Morgan fingerprint density at radius 2 is 2.03 bits per heavy atom. The van der Waals surface area contributed by atoms with Crippen LogP contribution in [0.25, 0.3) is 0 Å². The summed E-state index contributed by atoms with van der Waals surface area (Å²) in [5.41, 5.74) is 3.49. The largest absolute Gasteiger partial charge is 0.462 e. The van der Waals surface area contributed by atoms with E-state index in [9.17, 15) is 9.18 Å². The Labute approximate surface area is 197 Å². The molecule has 166 valence electrons. The number of carbonyl (C=O) groups excluding carboxylic acids is 1. The first kappa shape index (κ1) is 22.4. The molecule has 4 rings (SSSR count). The van der Waals surface area contributed by atoms with Crippen LogP contribution in [0.15, 0.2) is 54.6 Å². The van der Waals surface area contributed by atoms with Crippen LogP contribution in [0.3, 0.4) is 0 Å². The van der Waals surface area contributed by atoms with Crippen LogP contribution in [0.2, 0.25) is 0 Å². The van der Waals surface area contributed by atoms with Crippen molar-refractivity contribution in [1.29, 1.82) is 0 Å². The maximum atomic E-state index is 13.7. The number of nitrogens with zero attached hydrogens (tertiary/aromatic N) is 1.